The zero-order valence-corrected chi connectivity index (χ0v) is 11.4. The van der Waals surface area contributed by atoms with Crippen molar-refractivity contribution in [2.45, 2.75) is 50.7 Å². The molecule has 1 aliphatic rings. The molecule has 0 radical (unpaired) electrons. The molecule has 2 rings (SSSR count). The Kier molecular flexibility index (Phi) is 4.88. The fourth-order valence-electron chi connectivity index (χ4n) is 2.49. The molecule has 0 amide bonds. The second-order valence-corrected chi connectivity index (χ2v) is 5.36. The average molecular weight is 268 g/mol. The van der Waals surface area contributed by atoms with E-state index in [1.807, 2.05) is 7.05 Å². The van der Waals surface area contributed by atoms with Crippen LogP contribution >= 0.6 is 0 Å². The Bertz CT molecular complexity index is 380. The Hall–Kier alpha value is -1.00. The first-order valence-corrected chi connectivity index (χ1v) is 6.93. The molecule has 1 saturated carbocycles. The van der Waals surface area contributed by atoms with E-state index in [2.05, 4.69) is 34.9 Å². The van der Waals surface area contributed by atoms with Crippen molar-refractivity contribution in [2.24, 2.45) is 0 Å². The third-order valence-corrected chi connectivity index (χ3v) is 3.72. The largest absolute Gasteiger partial charge is 0.316 e. The summed E-state index contributed by atoms with van der Waals surface area (Å²) in [5.41, 5.74) is 2.46. The minimum atomic E-state index is -2.44. The first-order valence-electron chi connectivity index (χ1n) is 6.93. The molecule has 1 fully saturated rings. The van der Waals surface area contributed by atoms with E-state index in [-0.39, 0.29) is 18.9 Å². The lowest BCUT2D eigenvalue weighted by Crippen LogP contribution is -2.36. The Morgan fingerprint density at radius 2 is 1.58 bits per heavy atom. The summed E-state index contributed by atoms with van der Waals surface area (Å²) in [6, 6.07) is 8.62. The second kappa shape index (κ2) is 6.44. The Balaban J connectivity index is 1.76. The first-order chi connectivity index (χ1) is 9.09. The van der Waals surface area contributed by atoms with Crippen LogP contribution in [0, 0.1) is 0 Å². The monoisotopic (exact) mass is 268 g/mol. The summed E-state index contributed by atoms with van der Waals surface area (Å²) in [4.78, 5) is 0. The first kappa shape index (κ1) is 14.4. The lowest BCUT2D eigenvalue weighted by atomic mass is 9.92. The molecule has 2 N–H and O–H groups in total. The van der Waals surface area contributed by atoms with Gasteiger partial charge in [0, 0.05) is 32.0 Å². The highest BCUT2D eigenvalue weighted by Crippen LogP contribution is 2.33. The van der Waals surface area contributed by atoms with Crippen molar-refractivity contribution in [3.63, 3.8) is 0 Å². The summed E-state index contributed by atoms with van der Waals surface area (Å²) in [5, 5.41) is 6.49. The SMILES string of the molecule is CNCc1ccc(CNC2CCC(F)(F)CC2)cc1. The van der Waals surface area contributed by atoms with Crippen LogP contribution in [0.3, 0.4) is 0 Å². The van der Waals surface area contributed by atoms with Crippen LogP contribution in [-0.4, -0.2) is 19.0 Å². The van der Waals surface area contributed by atoms with Crippen LogP contribution in [0.2, 0.25) is 0 Å². The van der Waals surface area contributed by atoms with Gasteiger partial charge in [-0.2, -0.15) is 0 Å². The Morgan fingerprint density at radius 3 is 2.11 bits per heavy atom. The number of hydrogen-bond donors (Lipinski definition) is 2. The van der Waals surface area contributed by atoms with Gasteiger partial charge in [-0.25, -0.2) is 8.78 Å². The van der Waals surface area contributed by atoms with E-state index in [9.17, 15) is 8.78 Å². The van der Waals surface area contributed by atoms with Crippen LogP contribution in [-0.2, 0) is 13.1 Å². The molecule has 0 aromatic heterocycles. The Labute approximate surface area is 113 Å². The molecule has 19 heavy (non-hydrogen) atoms. The van der Waals surface area contributed by atoms with Crippen molar-refractivity contribution in [3.8, 4) is 0 Å². The fourth-order valence-corrected chi connectivity index (χ4v) is 2.49. The van der Waals surface area contributed by atoms with E-state index < -0.39 is 5.92 Å². The van der Waals surface area contributed by atoms with Crippen LogP contribution in [0.1, 0.15) is 36.8 Å². The molecule has 1 aromatic rings. The molecule has 106 valence electrons. The summed E-state index contributed by atoms with van der Waals surface area (Å²) >= 11 is 0. The van der Waals surface area contributed by atoms with Gasteiger partial charge in [-0.1, -0.05) is 24.3 Å². The van der Waals surface area contributed by atoms with Crippen LogP contribution in [0.25, 0.3) is 0 Å². The fraction of sp³-hybridized carbons (Fsp3) is 0.600. The molecule has 0 unspecified atom stereocenters. The molecular formula is C15H22F2N2. The summed E-state index contributed by atoms with van der Waals surface area (Å²) in [6.45, 7) is 1.63. The molecule has 0 bridgehead atoms. The zero-order valence-electron chi connectivity index (χ0n) is 11.4. The number of nitrogens with one attached hydrogen (secondary N) is 2. The van der Waals surface area contributed by atoms with E-state index in [4.69, 9.17) is 0 Å². The smallest absolute Gasteiger partial charge is 0.248 e. The molecule has 0 heterocycles. The third kappa shape index (κ3) is 4.55. The molecule has 1 aromatic carbocycles. The molecular weight excluding hydrogens is 246 g/mol. The maximum Gasteiger partial charge on any atom is 0.248 e. The van der Waals surface area contributed by atoms with Gasteiger partial charge in [0.05, 0.1) is 0 Å². The van der Waals surface area contributed by atoms with Crippen LogP contribution in [0.4, 0.5) is 8.78 Å². The molecule has 0 atom stereocenters. The van der Waals surface area contributed by atoms with Crippen LogP contribution in [0.15, 0.2) is 24.3 Å². The quantitative estimate of drug-likeness (QED) is 0.857. The molecule has 0 aliphatic heterocycles. The van der Waals surface area contributed by atoms with E-state index in [1.165, 1.54) is 11.1 Å². The second-order valence-electron chi connectivity index (χ2n) is 5.36. The van der Waals surface area contributed by atoms with Gasteiger partial charge >= 0.3 is 0 Å². The van der Waals surface area contributed by atoms with Crippen LogP contribution < -0.4 is 10.6 Å². The van der Waals surface area contributed by atoms with Crippen molar-refractivity contribution in [2.75, 3.05) is 7.05 Å². The van der Waals surface area contributed by atoms with Crippen molar-refractivity contribution in [1.82, 2.24) is 10.6 Å². The van der Waals surface area contributed by atoms with E-state index in [0.717, 1.165) is 13.1 Å². The van der Waals surface area contributed by atoms with Gasteiger partial charge < -0.3 is 10.6 Å². The Morgan fingerprint density at radius 1 is 1.05 bits per heavy atom. The molecule has 0 spiro atoms. The zero-order chi connectivity index (χ0) is 13.7. The number of hydrogen-bond acceptors (Lipinski definition) is 2. The standard InChI is InChI=1S/C15H22F2N2/c1-18-10-12-2-4-13(5-3-12)11-19-14-6-8-15(16,17)9-7-14/h2-5,14,18-19H,6-11H2,1H3. The molecule has 4 heteroatoms. The van der Waals surface area contributed by atoms with Crippen molar-refractivity contribution in [1.29, 1.82) is 0 Å². The topological polar surface area (TPSA) is 24.1 Å². The van der Waals surface area contributed by atoms with Gasteiger partial charge in [0.15, 0.2) is 0 Å². The summed E-state index contributed by atoms with van der Waals surface area (Å²) in [6.07, 6.45) is 1.19. The normalized spacial score (nSPS) is 19.5. The highest BCUT2D eigenvalue weighted by molar-refractivity contribution is 5.22. The molecule has 0 saturated heterocycles. The van der Waals surface area contributed by atoms with Crippen molar-refractivity contribution >= 4 is 0 Å². The van der Waals surface area contributed by atoms with Crippen LogP contribution in [0.5, 0.6) is 0 Å². The van der Waals surface area contributed by atoms with Crippen molar-refractivity contribution < 1.29 is 8.78 Å². The van der Waals surface area contributed by atoms with E-state index in [1.54, 1.807) is 0 Å². The number of rotatable bonds is 5. The van der Waals surface area contributed by atoms with E-state index >= 15 is 0 Å². The average Bonchev–Trinajstić information content (AvgIpc) is 2.40. The van der Waals surface area contributed by atoms with Gasteiger partial charge in [0.2, 0.25) is 5.92 Å². The van der Waals surface area contributed by atoms with Gasteiger partial charge in [-0.05, 0) is 31.0 Å². The summed E-state index contributed by atoms with van der Waals surface area (Å²) in [5.74, 6) is -2.44. The lowest BCUT2D eigenvalue weighted by Gasteiger charge is -2.29. The number of alkyl halides is 2. The summed E-state index contributed by atoms with van der Waals surface area (Å²) < 4.78 is 26.0. The number of benzene rings is 1. The number of halogens is 2. The minimum Gasteiger partial charge on any atom is -0.316 e. The van der Waals surface area contributed by atoms with Gasteiger partial charge in [-0.3, -0.25) is 0 Å². The maximum absolute atomic E-state index is 13.0. The van der Waals surface area contributed by atoms with Gasteiger partial charge in [-0.15, -0.1) is 0 Å². The van der Waals surface area contributed by atoms with Crippen molar-refractivity contribution in [3.05, 3.63) is 35.4 Å². The molecule has 2 nitrogen and oxygen atoms in total. The summed E-state index contributed by atoms with van der Waals surface area (Å²) in [7, 11) is 1.92. The lowest BCUT2D eigenvalue weighted by molar-refractivity contribution is -0.0405. The highest BCUT2D eigenvalue weighted by atomic mass is 19.3. The predicted octanol–water partition coefficient (Wildman–Crippen LogP) is 3.07. The third-order valence-electron chi connectivity index (χ3n) is 3.72. The van der Waals surface area contributed by atoms with Gasteiger partial charge in [0.25, 0.3) is 0 Å². The molecule has 1 aliphatic carbocycles. The van der Waals surface area contributed by atoms with Gasteiger partial charge in [0.1, 0.15) is 0 Å². The van der Waals surface area contributed by atoms with E-state index in [0.29, 0.717) is 12.8 Å². The maximum atomic E-state index is 13.0. The minimum absolute atomic E-state index is 0.0196. The predicted molar refractivity (Wildman–Crippen MR) is 73.2 cm³/mol. The highest BCUT2D eigenvalue weighted by Gasteiger charge is 2.34.